The second kappa shape index (κ2) is 5.64. The van der Waals surface area contributed by atoms with Crippen molar-refractivity contribution in [2.75, 3.05) is 12.8 Å². The molecule has 0 atom stereocenters. The molecule has 4 nitrogen and oxygen atoms in total. The van der Waals surface area contributed by atoms with Crippen molar-refractivity contribution >= 4 is 34.9 Å². The standard InChI is InChI=1S/C13H9Cl2FN2O2/c1-20-13(19)12-11(15)9(17)5-10(18-12)6-2-3-8(16)7(14)4-6/h2-5H,1H3,(H2,17,18). The summed E-state index contributed by atoms with van der Waals surface area (Å²) in [4.78, 5) is 15.7. The van der Waals surface area contributed by atoms with Gasteiger partial charge in [-0.2, -0.15) is 0 Å². The number of esters is 1. The lowest BCUT2D eigenvalue weighted by atomic mass is 10.1. The van der Waals surface area contributed by atoms with Gasteiger partial charge in [0.25, 0.3) is 0 Å². The quantitative estimate of drug-likeness (QED) is 0.861. The first-order valence-electron chi connectivity index (χ1n) is 5.43. The monoisotopic (exact) mass is 314 g/mol. The number of nitrogen functional groups attached to an aromatic ring is 1. The maximum absolute atomic E-state index is 13.1. The molecular formula is C13H9Cl2FN2O2. The fraction of sp³-hybridized carbons (Fsp3) is 0.0769. The summed E-state index contributed by atoms with van der Waals surface area (Å²) < 4.78 is 17.7. The molecule has 2 N–H and O–H groups in total. The molecule has 0 saturated heterocycles. The molecule has 0 saturated carbocycles. The summed E-state index contributed by atoms with van der Waals surface area (Å²) in [6.07, 6.45) is 0. The molecular weight excluding hydrogens is 306 g/mol. The molecule has 7 heteroatoms. The van der Waals surface area contributed by atoms with Gasteiger partial charge < -0.3 is 10.5 Å². The van der Waals surface area contributed by atoms with Crippen molar-refractivity contribution in [3.8, 4) is 11.3 Å². The van der Waals surface area contributed by atoms with Gasteiger partial charge in [-0.1, -0.05) is 23.2 Å². The average Bonchev–Trinajstić information content (AvgIpc) is 2.44. The molecule has 0 amide bonds. The molecule has 2 aromatic rings. The first-order chi connectivity index (χ1) is 9.43. The Kier molecular flexibility index (Phi) is 4.11. The number of hydrogen-bond donors (Lipinski definition) is 1. The molecule has 0 spiro atoms. The van der Waals surface area contributed by atoms with Gasteiger partial charge in [0.15, 0.2) is 5.69 Å². The largest absolute Gasteiger partial charge is 0.464 e. The Morgan fingerprint density at radius 2 is 2.05 bits per heavy atom. The number of ether oxygens (including phenoxy) is 1. The molecule has 0 aliphatic rings. The van der Waals surface area contributed by atoms with Gasteiger partial charge in [0.2, 0.25) is 0 Å². The fourth-order valence-corrected chi connectivity index (χ4v) is 1.94. The smallest absolute Gasteiger partial charge is 0.358 e. The van der Waals surface area contributed by atoms with Crippen molar-refractivity contribution in [1.29, 1.82) is 0 Å². The summed E-state index contributed by atoms with van der Waals surface area (Å²) in [5.41, 5.74) is 6.64. The molecule has 1 aromatic carbocycles. The highest BCUT2D eigenvalue weighted by molar-refractivity contribution is 6.35. The van der Waals surface area contributed by atoms with Crippen LogP contribution in [-0.4, -0.2) is 18.1 Å². The zero-order chi connectivity index (χ0) is 14.9. The van der Waals surface area contributed by atoms with Crippen LogP contribution in [0, 0.1) is 5.82 Å². The summed E-state index contributed by atoms with van der Waals surface area (Å²) in [5, 5.41) is -0.0498. The molecule has 0 bridgehead atoms. The first kappa shape index (κ1) is 14.6. The zero-order valence-electron chi connectivity index (χ0n) is 10.3. The summed E-state index contributed by atoms with van der Waals surface area (Å²) in [7, 11) is 1.21. The van der Waals surface area contributed by atoms with E-state index in [0.717, 1.165) is 0 Å². The van der Waals surface area contributed by atoms with E-state index in [1.54, 1.807) is 0 Å². The Labute approximate surface area is 124 Å². The maximum Gasteiger partial charge on any atom is 0.358 e. The van der Waals surface area contributed by atoms with Crippen LogP contribution in [0.15, 0.2) is 24.3 Å². The lowest BCUT2D eigenvalue weighted by molar-refractivity contribution is 0.0594. The minimum Gasteiger partial charge on any atom is -0.464 e. The average molecular weight is 315 g/mol. The third-order valence-electron chi connectivity index (χ3n) is 2.58. The number of rotatable bonds is 2. The highest BCUT2D eigenvalue weighted by Crippen LogP contribution is 2.30. The molecule has 0 radical (unpaired) electrons. The van der Waals surface area contributed by atoms with Gasteiger partial charge in [-0.25, -0.2) is 14.2 Å². The normalized spacial score (nSPS) is 10.4. The van der Waals surface area contributed by atoms with E-state index >= 15 is 0 Å². The fourth-order valence-electron chi connectivity index (χ4n) is 1.58. The van der Waals surface area contributed by atoms with Gasteiger partial charge >= 0.3 is 5.97 Å². The van der Waals surface area contributed by atoms with Crippen LogP contribution in [0.1, 0.15) is 10.5 Å². The Balaban J connectivity index is 2.60. The molecule has 0 fully saturated rings. The summed E-state index contributed by atoms with van der Waals surface area (Å²) in [5.74, 6) is -1.26. The van der Waals surface area contributed by atoms with E-state index in [-0.39, 0.29) is 21.4 Å². The molecule has 20 heavy (non-hydrogen) atoms. The predicted octanol–water partition coefficient (Wildman–Crippen LogP) is 3.56. The Morgan fingerprint density at radius 1 is 1.35 bits per heavy atom. The molecule has 0 aliphatic carbocycles. The van der Waals surface area contributed by atoms with E-state index in [1.165, 1.54) is 31.4 Å². The predicted molar refractivity (Wildman–Crippen MR) is 75.4 cm³/mol. The lowest BCUT2D eigenvalue weighted by Crippen LogP contribution is -2.08. The van der Waals surface area contributed by atoms with E-state index in [1.807, 2.05) is 0 Å². The number of methoxy groups -OCH3 is 1. The number of hydrogen-bond acceptors (Lipinski definition) is 4. The molecule has 2 rings (SSSR count). The lowest BCUT2D eigenvalue weighted by Gasteiger charge is -2.09. The van der Waals surface area contributed by atoms with Crippen LogP contribution in [0.25, 0.3) is 11.3 Å². The topological polar surface area (TPSA) is 65.2 Å². The number of nitrogens with two attached hydrogens (primary N) is 1. The highest BCUT2D eigenvalue weighted by atomic mass is 35.5. The minimum absolute atomic E-state index is 0.00816. The van der Waals surface area contributed by atoms with Crippen LogP contribution >= 0.6 is 23.2 Å². The summed E-state index contributed by atoms with van der Waals surface area (Å²) >= 11 is 11.6. The summed E-state index contributed by atoms with van der Waals surface area (Å²) in [6, 6.07) is 5.52. The number of nitrogens with zero attached hydrogens (tertiary/aromatic N) is 1. The second-order valence-corrected chi connectivity index (χ2v) is 4.66. The molecule has 0 aliphatic heterocycles. The van der Waals surface area contributed by atoms with Crippen LogP contribution in [0.4, 0.5) is 10.1 Å². The molecule has 104 valence electrons. The van der Waals surface area contributed by atoms with Crippen molar-refractivity contribution in [2.45, 2.75) is 0 Å². The second-order valence-electron chi connectivity index (χ2n) is 3.88. The number of pyridine rings is 1. The Bertz CT molecular complexity index is 692. The number of anilines is 1. The highest BCUT2D eigenvalue weighted by Gasteiger charge is 2.17. The first-order valence-corrected chi connectivity index (χ1v) is 6.19. The van der Waals surface area contributed by atoms with E-state index in [2.05, 4.69) is 9.72 Å². The van der Waals surface area contributed by atoms with Crippen LogP contribution < -0.4 is 5.73 Å². The van der Waals surface area contributed by atoms with Gasteiger partial charge in [0.1, 0.15) is 5.82 Å². The van der Waals surface area contributed by atoms with Gasteiger partial charge in [0, 0.05) is 5.56 Å². The third-order valence-corrected chi connectivity index (χ3v) is 3.27. The number of carbonyl (C=O) groups is 1. The number of carbonyl (C=O) groups excluding carboxylic acids is 1. The zero-order valence-corrected chi connectivity index (χ0v) is 11.8. The molecule has 1 heterocycles. The van der Waals surface area contributed by atoms with Crippen LogP contribution in [0.2, 0.25) is 10.0 Å². The molecule has 0 unspecified atom stereocenters. The van der Waals surface area contributed by atoms with E-state index < -0.39 is 11.8 Å². The maximum atomic E-state index is 13.1. The van der Waals surface area contributed by atoms with Gasteiger partial charge in [-0.05, 0) is 24.3 Å². The van der Waals surface area contributed by atoms with E-state index in [0.29, 0.717) is 11.3 Å². The van der Waals surface area contributed by atoms with Crippen molar-refractivity contribution in [2.24, 2.45) is 0 Å². The van der Waals surface area contributed by atoms with E-state index in [9.17, 15) is 9.18 Å². The van der Waals surface area contributed by atoms with E-state index in [4.69, 9.17) is 28.9 Å². The van der Waals surface area contributed by atoms with Crippen molar-refractivity contribution < 1.29 is 13.9 Å². The molecule has 1 aromatic heterocycles. The minimum atomic E-state index is -0.711. The van der Waals surface area contributed by atoms with Gasteiger partial charge in [-0.15, -0.1) is 0 Å². The van der Waals surface area contributed by atoms with Crippen LogP contribution in [0.5, 0.6) is 0 Å². The van der Waals surface area contributed by atoms with Crippen molar-refractivity contribution in [3.05, 3.63) is 45.8 Å². The number of halogens is 3. The van der Waals surface area contributed by atoms with Crippen LogP contribution in [-0.2, 0) is 4.74 Å². The Hall–Kier alpha value is -1.85. The third kappa shape index (κ3) is 2.69. The van der Waals surface area contributed by atoms with Crippen molar-refractivity contribution in [1.82, 2.24) is 4.98 Å². The number of benzene rings is 1. The van der Waals surface area contributed by atoms with Gasteiger partial charge in [-0.3, -0.25) is 0 Å². The van der Waals surface area contributed by atoms with Crippen LogP contribution in [0.3, 0.4) is 0 Å². The SMILES string of the molecule is COC(=O)c1nc(-c2ccc(F)c(Cl)c2)cc(N)c1Cl. The number of aromatic nitrogens is 1. The summed E-state index contributed by atoms with van der Waals surface area (Å²) in [6.45, 7) is 0. The Morgan fingerprint density at radius 3 is 2.65 bits per heavy atom. The van der Waals surface area contributed by atoms with Gasteiger partial charge in [0.05, 0.1) is 28.5 Å². The van der Waals surface area contributed by atoms with Crippen molar-refractivity contribution in [3.63, 3.8) is 0 Å².